The van der Waals surface area contributed by atoms with Crippen molar-refractivity contribution in [2.24, 2.45) is 11.8 Å². The van der Waals surface area contributed by atoms with Crippen LogP contribution in [-0.2, 0) is 11.3 Å². The van der Waals surface area contributed by atoms with E-state index in [9.17, 15) is 9.59 Å². The second-order valence-corrected chi connectivity index (χ2v) is 8.18. The molecule has 0 unspecified atom stereocenters. The van der Waals surface area contributed by atoms with Crippen molar-refractivity contribution < 1.29 is 9.59 Å². The van der Waals surface area contributed by atoms with Crippen molar-refractivity contribution in [1.82, 2.24) is 15.2 Å². The normalized spacial score (nSPS) is 11.3. The van der Waals surface area contributed by atoms with Gasteiger partial charge in [-0.05, 0) is 11.8 Å². The molecule has 1 heterocycles. The van der Waals surface area contributed by atoms with E-state index in [-0.39, 0.29) is 17.7 Å². The van der Waals surface area contributed by atoms with E-state index in [1.165, 1.54) is 11.3 Å². The number of nitrogens with zero attached hydrogens (tertiary/aromatic N) is 2. The molecule has 0 fully saturated rings. The summed E-state index contributed by atoms with van der Waals surface area (Å²) in [6, 6.07) is 0. The van der Waals surface area contributed by atoms with E-state index in [1.54, 1.807) is 10.3 Å². The molecular formula is C15H23Cl2N3O2S. The van der Waals surface area contributed by atoms with Crippen LogP contribution in [-0.4, -0.2) is 39.6 Å². The molecule has 0 aromatic carbocycles. The van der Waals surface area contributed by atoms with Crippen LogP contribution in [0.5, 0.6) is 0 Å². The Morgan fingerprint density at radius 3 is 2.43 bits per heavy atom. The van der Waals surface area contributed by atoms with Gasteiger partial charge in [-0.2, -0.15) is 0 Å². The van der Waals surface area contributed by atoms with Gasteiger partial charge in [0.25, 0.3) is 11.8 Å². The third-order valence-electron chi connectivity index (χ3n) is 2.87. The van der Waals surface area contributed by atoms with Gasteiger partial charge in [0, 0.05) is 18.5 Å². The summed E-state index contributed by atoms with van der Waals surface area (Å²) in [5, 5.41) is 5.20. The third kappa shape index (κ3) is 7.06. The molecule has 23 heavy (non-hydrogen) atoms. The Kier molecular flexibility index (Phi) is 8.29. The number of carbonyl (C=O) groups excluding carboxylic acids is 2. The van der Waals surface area contributed by atoms with Crippen LogP contribution in [0, 0.1) is 11.8 Å². The first kappa shape index (κ1) is 20.2. The number of hydrogen-bond donors (Lipinski definition) is 1. The van der Waals surface area contributed by atoms with Gasteiger partial charge in [0.05, 0.1) is 6.54 Å². The zero-order chi connectivity index (χ0) is 17.6. The van der Waals surface area contributed by atoms with Crippen LogP contribution in [0.4, 0.5) is 0 Å². The lowest BCUT2D eigenvalue weighted by Crippen LogP contribution is -2.37. The minimum absolute atomic E-state index is 0.199. The second kappa shape index (κ2) is 9.45. The number of alkyl halides is 2. The maximum absolute atomic E-state index is 12.1. The minimum Gasteiger partial charge on any atom is -0.350 e. The molecule has 0 radical (unpaired) electrons. The first-order valence-corrected chi connectivity index (χ1v) is 9.25. The Bertz CT molecular complexity index is 533. The summed E-state index contributed by atoms with van der Waals surface area (Å²) < 4.78 is 0. The van der Waals surface area contributed by atoms with Gasteiger partial charge in [-0.25, -0.2) is 4.98 Å². The van der Waals surface area contributed by atoms with E-state index in [2.05, 4.69) is 10.3 Å². The number of hydrogen-bond acceptors (Lipinski definition) is 4. The van der Waals surface area contributed by atoms with E-state index in [4.69, 9.17) is 23.2 Å². The predicted molar refractivity (Wildman–Crippen MR) is 95.0 cm³/mol. The van der Waals surface area contributed by atoms with Crippen molar-refractivity contribution in [3.63, 3.8) is 0 Å². The molecule has 8 heteroatoms. The van der Waals surface area contributed by atoms with Crippen molar-refractivity contribution in [2.75, 3.05) is 13.1 Å². The predicted octanol–water partition coefficient (Wildman–Crippen LogP) is 3.32. The Labute approximate surface area is 151 Å². The molecular weight excluding hydrogens is 357 g/mol. The van der Waals surface area contributed by atoms with Crippen LogP contribution in [0.2, 0.25) is 0 Å². The lowest BCUT2D eigenvalue weighted by molar-refractivity contribution is -0.130. The quantitative estimate of drug-likeness (QED) is 0.704. The van der Waals surface area contributed by atoms with Gasteiger partial charge in [0.15, 0.2) is 4.84 Å². The van der Waals surface area contributed by atoms with Gasteiger partial charge in [0.1, 0.15) is 10.7 Å². The minimum atomic E-state index is -1.09. The number of nitrogens with one attached hydrogen (secondary N) is 1. The topological polar surface area (TPSA) is 62.3 Å². The number of thiazole rings is 1. The molecule has 1 rings (SSSR count). The molecule has 5 nitrogen and oxygen atoms in total. The van der Waals surface area contributed by atoms with Crippen LogP contribution < -0.4 is 5.32 Å². The number of carbonyl (C=O) groups is 2. The summed E-state index contributed by atoms with van der Waals surface area (Å²) in [7, 11) is 0. The van der Waals surface area contributed by atoms with Gasteiger partial charge in [-0.15, -0.1) is 11.3 Å². The molecule has 1 aromatic heterocycles. The number of amides is 2. The van der Waals surface area contributed by atoms with Gasteiger partial charge < -0.3 is 10.2 Å². The Morgan fingerprint density at radius 1 is 1.26 bits per heavy atom. The molecule has 130 valence electrons. The smallest absolute Gasteiger partial charge is 0.270 e. The van der Waals surface area contributed by atoms with Crippen molar-refractivity contribution in [3.05, 3.63) is 16.1 Å². The molecule has 0 aliphatic carbocycles. The lowest BCUT2D eigenvalue weighted by atomic mass is 10.2. The van der Waals surface area contributed by atoms with Crippen molar-refractivity contribution in [2.45, 2.75) is 39.1 Å². The molecule has 0 spiro atoms. The summed E-state index contributed by atoms with van der Waals surface area (Å²) in [5.41, 5.74) is 0.371. The largest absolute Gasteiger partial charge is 0.350 e. The van der Waals surface area contributed by atoms with Crippen LogP contribution >= 0.6 is 34.5 Å². The highest BCUT2D eigenvalue weighted by Crippen LogP contribution is 2.17. The van der Waals surface area contributed by atoms with Gasteiger partial charge >= 0.3 is 0 Å². The summed E-state index contributed by atoms with van der Waals surface area (Å²) >= 11 is 12.7. The highest BCUT2D eigenvalue weighted by Gasteiger charge is 2.23. The number of halogens is 2. The van der Waals surface area contributed by atoms with Gasteiger partial charge in [0.2, 0.25) is 0 Å². The summed E-state index contributed by atoms with van der Waals surface area (Å²) in [5.74, 6) is 0.110. The zero-order valence-corrected chi connectivity index (χ0v) is 16.1. The lowest BCUT2D eigenvalue weighted by Gasteiger charge is -2.24. The van der Waals surface area contributed by atoms with Crippen LogP contribution in [0.25, 0.3) is 0 Å². The molecule has 0 saturated heterocycles. The maximum Gasteiger partial charge on any atom is 0.270 e. The first-order valence-electron chi connectivity index (χ1n) is 7.50. The Balaban J connectivity index is 2.74. The Morgan fingerprint density at radius 2 is 1.91 bits per heavy atom. The molecule has 0 atom stereocenters. The van der Waals surface area contributed by atoms with E-state index in [0.717, 1.165) is 0 Å². The van der Waals surface area contributed by atoms with Crippen LogP contribution in [0.3, 0.4) is 0 Å². The monoisotopic (exact) mass is 379 g/mol. The molecule has 0 saturated carbocycles. The SMILES string of the molecule is CC(C)CNC(=O)c1csc(CN(CC(C)C)C(=O)C(Cl)Cl)n1. The molecule has 0 aliphatic heterocycles. The average Bonchev–Trinajstić information content (AvgIpc) is 2.91. The van der Waals surface area contributed by atoms with Crippen LogP contribution in [0.1, 0.15) is 43.2 Å². The standard InChI is InChI=1S/C15H23Cl2N3O2S/c1-9(2)5-18-14(21)11-8-23-12(19-11)7-20(6-10(3)4)15(22)13(16)17/h8-10,13H,5-7H2,1-4H3,(H,18,21). The second-order valence-electron chi connectivity index (χ2n) is 6.14. The summed E-state index contributed by atoms with van der Waals surface area (Å²) in [4.78, 5) is 28.8. The fourth-order valence-corrected chi connectivity index (χ4v) is 2.91. The summed E-state index contributed by atoms with van der Waals surface area (Å²) in [6.07, 6.45) is 0. The molecule has 1 aromatic rings. The maximum atomic E-state index is 12.1. The highest BCUT2D eigenvalue weighted by atomic mass is 35.5. The van der Waals surface area contributed by atoms with E-state index in [1.807, 2.05) is 27.7 Å². The third-order valence-corrected chi connectivity index (χ3v) is 4.07. The molecule has 0 aliphatic rings. The van der Waals surface area contributed by atoms with Crippen molar-refractivity contribution in [1.29, 1.82) is 0 Å². The first-order chi connectivity index (χ1) is 10.7. The molecule has 1 N–H and O–H groups in total. The molecule has 2 amide bonds. The van der Waals surface area contributed by atoms with E-state index < -0.39 is 4.84 Å². The van der Waals surface area contributed by atoms with Crippen LogP contribution in [0.15, 0.2) is 5.38 Å². The number of rotatable bonds is 8. The fourth-order valence-electron chi connectivity index (χ4n) is 1.85. The molecule has 0 bridgehead atoms. The van der Waals surface area contributed by atoms with E-state index >= 15 is 0 Å². The van der Waals surface area contributed by atoms with Crippen molar-refractivity contribution in [3.8, 4) is 0 Å². The summed E-state index contributed by atoms with van der Waals surface area (Å²) in [6.45, 7) is 9.49. The number of aromatic nitrogens is 1. The average molecular weight is 380 g/mol. The van der Waals surface area contributed by atoms with Gasteiger partial charge in [-0.3, -0.25) is 9.59 Å². The fraction of sp³-hybridized carbons (Fsp3) is 0.667. The van der Waals surface area contributed by atoms with E-state index in [0.29, 0.717) is 36.3 Å². The highest BCUT2D eigenvalue weighted by molar-refractivity contribution is 7.09. The van der Waals surface area contributed by atoms with Crippen molar-refractivity contribution >= 4 is 46.4 Å². The van der Waals surface area contributed by atoms with Gasteiger partial charge in [-0.1, -0.05) is 50.9 Å². The zero-order valence-electron chi connectivity index (χ0n) is 13.8. The Hall–Kier alpha value is -0.850.